The maximum absolute atomic E-state index is 5.96. The van der Waals surface area contributed by atoms with Crippen LogP contribution in [0.1, 0.15) is 9.75 Å². The van der Waals surface area contributed by atoms with Gasteiger partial charge in [-0.3, -0.25) is 0 Å². The molecule has 0 aliphatic carbocycles. The summed E-state index contributed by atoms with van der Waals surface area (Å²) in [6.07, 6.45) is 1.63. The van der Waals surface area contributed by atoms with E-state index in [1.54, 1.807) is 29.0 Å². The van der Waals surface area contributed by atoms with Crippen LogP contribution in [0.5, 0.6) is 0 Å². The van der Waals surface area contributed by atoms with Gasteiger partial charge < -0.3 is 4.90 Å². The van der Waals surface area contributed by atoms with E-state index >= 15 is 0 Å². The van der Waals surface area contributed by atoms with Crippen molar-refractivity contribution in [2.75, 3.05) is 11.9 Å². The van der Waals surface area contributed by atoms with Crippen LogP contribution in [0.15, 0.2) is 24.5 Å². The molecular weight excluding hydrogens is 298 g/mol. The van der Waals surface area contributed by atoms with E-state index in [2.05, 4.69) is 33.9 Å². The van der Waals surface area contributed by atoms with Crippen molar-refractivity contribution >= 4 is 50.3 Å². The molecular formula is C13H12ClN3S2. The molecule has 0 aliphatic heterocycles. The van der Waals surface area contributed by atoms with E-state index in [1.807, 2.05) is 13.1 Å². The molecule has 0 saturated carbocycles. The van der Waals surface area contributed by atoms with Crippen LogP contribution in [0.3, 0.4) is 0 Å². The SMILES string of the molecule is Cc1cc2c(N(C)Cc3ccc(Cl)s3)ncnc2s1. The minimum Gasteiger partial charge on any atom is -0.354 e. The molecule has 3 aromatic heterocycles. The van der Waals surface area contributed by atoms with Gasteiger partial charge in [-0.1, -0.05) is 11.6 Å². The molecule has 0 unspecified atom stereocenters. The topological polar surface area (TPSA) is 29.0 Å². The third kappa shape index (κ3) is 2.59. The summed E-state index contributed by atoms with van der Waals surface area (Å²) in [5, 5.41) is 1.12. The van der Waals surface area contributed by atoms with E-state index in [1.165, 1.54) is 9.75 Å². The highest BCUT2D eigenvalue weighted by Crippen LogP contribution is 2.30. The Kier molecular flexibility index (Phi) is 3.43. The summed E-state index contributed by atoms with van der Waals surface area (Å²) in [5.41, 5.74) is 0. The first kappa shape index (κ1) is 12.8. The van der Waals surface area contributed by atoms with Crippen molar-refractivity contribution in [2.45, 2.75) is 13.5 Å². The molecule has 19 heavy (non-hydrogen) atoms. The third-order valence-electron chi connectivity index (χ3n) is 2.82. The summed E-state index contributed by atoms with van der Waals surface area (Å²) in [6, 6.07) is 6.13. The van der Waals surface area contributed by atoms with Gasteiger partial charge in [-0.05, 0) is 25.1 Å². The van der Waals surface area contributed by atoms with Gasteiger partial charge in [0.25, 0.3) is 0 Å². The zero-order valence-electron chi connectivity index (χ0n) is 10.6. The number of fused-ring (bicyclic) bond motifs is 1. The van der Waals surface area contributed by atoms with Crippen LogP contribution < -0.4 is 4.90 Å². The van der Waals surface area contributed by atoms with Gasteiger partial charge in [0.15, 0.2) is 0 Å². The molecule has 3 rings (SSSR count). The van der Waals surface area contributed by atoms with Crippen molar-refractivity contribution in [3.8, 4) is 0 Å². The minimum absolute atomic E-state index is 0.804. The quantitative estimate of drug-likeness (QED) is 0.720. The van der Waals surface area contributed by atoms with Gasteiger partial charge in [-0.15, -0.1) is 22.7 Å². The Morgan fingerprint density at radius 3 is 2.84 bits per heavy atom. The van der Waals surface area contributed by atoms with Gasteiger partial charge in [0.05, 0.1) is 16.3 Å². The second-order valence-electron chi connectivity index (χ2n) is 4.34. The average molecular weight is 310 g/mol. The van der Waals surface area contributed by atoms with Crippen molar-refractivity contribution in [3.63, 3.8) is 0 Å². The lowest BCUT2D eigenvalue weighted by Gasteiger charge is -2.17. The molecule has 3 heterocycles. The molecule has 3 aromatic rings. The summed E-state index contributed by atoms with van der Waals surface area (Å²) < 4.78 is 0.822. The maximum Gasteiger partial charge on any atom is 0.140 e. The normalized spacial score (nSPS) is 11.1. The van der Waals surface area contributed by atoms with Gasteiger partial charge in [-0.25, -0.2) is 9.97 Å². The number of hydrogen-bond acceptors (Lipinski definition) is 5. The molecule has 0 fully saturated rings. The van der Waals surface area contributed by atoms with Gasteiger partial charge in [0, 0.05) is 16.8 Å². The number of rotatable bonds is 3. The molecule has 0 saturated heterocycles. The van der Waals surface area contributed by atoms with E-state index in [0.29, 0.717) is 0 Å². The number of aryl methyl sites for hydroxylation is 1. The van der Waals surface area contributed by atoms with Crippen molar-refractivity contribution in [2.24, 2.45) is 0 Å². The second kappa shape index (κ2) is 5.07. The van der Waals surface area contributed by atoms with Crippen molar-refractivity contribution in [3.05, 3.63) is 38.6 Å². The Balaban J connectivity index is 1.94. The summed E-state index contributed by atoms with van der Waals surface area (Å²) in [7, 11) is 2.04. The van der Waals surface area contributed by atoms with E-state index in [-0.39, 0.29) is 0 Å². The largest absolute Gasteiger partial charge is 0.354 e. The van der Waals surface area contributed by atoms with Gasteiger partial charge in [0.2, 0.25) is 0 Å². The fourth-order valence-corrected chi connectivity index (χ4v) is 4.00. The van der Waals surface area contributed by atoms with E-state index in [4.69, 9.17) is 11.6 Å². The Hall–Kier alpha value is -1.17. The van der Waals surface area contributed by atoms with E-state index in [0.717, 1.165) is 26.9 Å². The zero-order valence-corrected chi connectivity index (χ0v) is 12.9. The van der Waals surface area contributed by atoms with Crippen LogP contribution in [0, 0.1) is 6.92 Å². The molecule has 0 bridgehead atoms. The molecule has 0 atom stereocenters. The Morgan fingerprint density at radius 2 is 2.11 bits per heavy atom. The number of anilines is 1. The van der Waals surface area contributed by atoms with Crippen LogP contribution in [0.25, 0.3) is 10.2 Å². The van der Waals surface area contributed by atoms with Crippen molar-refractivity contribution in [1.82, 2.24) is 9.97 Å². The predicted molar refractivity (Wildman–Crippen MR) is 83.6 cm³/mol. The van der Waals surface area contributed by atoms with Gasteiger partial charge in [0.1, 0.15) is 17.0 Å². The molecule has 6 heteroatoms. The molecule has 0 radical (unpaired) electrons. The van der Waals surface area contributed by atoms with Gasteiger partial charge in [-0.2, -0.15) is 0 Å². The first-order valence-electron chi connectivity index (χ1n) is 5.80. The first-order chi connectivity index (χ1) is 9.13. The Bertz CT molecular complexity index is 720. The molecule has 0 spiro atoms. The Labute approximate surface area is 124 Å². The Morgan fingerprint density at radius 1 is 1.26 bits per heavy atom. The molecule has 0 aromatic carbocycles. The summed E-state index contributed by atoms with van der Waals surface area (Å²) >= 11 is 9.27. The molecule has 0 N–H and O–H groups in total. The van der Waals surface area contributed by atoms with Crippen LogP contribution in [-0.2, 0) is 6.54 Å². The third-order valence-corrected chi connectivity index (χ3v) is 4.99. The molecule has 0 aliphatic rings. The number of halogens is 1. The number of thiophene rings is 2. The zero-order chi connectivity index (χ0) is 13.4. The lowest BCUT2D eigenvalue weighted by Crippen LogP contribution is -2.17. The second-order valence-corrected chi connectivity index (χ2v) is 7.37. The highest BCUT2D eigenvalue weighted by molar-refractivity contribution is 7.18. The molecule has 3 nitrogen and oxygen atoms in total. The first-order valence-corrected chi connectivity index (χ1v) is 7.81. The lowest BCUT2D eigenvalue weighted by atomic mass is 10.3. The molecule has 0 amide bonds. The minimum atomic E-state index is 0.804. The van der Waals surface area contributed by atoms with Crippen molar-refractivity contribution < 1.29 is 0 Å². The average Bonchev–Trinajstić information content (AvgIpc) is 2.93. The van der Waals surface area contributed by atoms with E-state index in [9.17, 15) is 0 Å². The predicted octanol–water partition coefficient (Wildman–Crippen LogP) is 4.35. The highest BCUT2D eigenvalue weighted by atomic mass is 35.5. The van der Waals surface area contributed by atoms with Crippen LogP contribution in [0.2, 0.25) is 4.34 Å². The van der Waals surface area contributed by atoms with Crippen molar-refractivity contribution in [1.29, 1.82) is 0 Å². The highest BCUT2D eigenvalue weighted by Gasteiger charge is 2.12. The van der Waals surface area contributed by atoms with Crippen LogP contribution >= 0.6 is 34.3 Å². The number of hydrogen-bond donors (Lipinski definition) is 0. The van der Waals surface area contributed by atoms with E-state index < -0.39 is 0 Å². The lowest BCUT2D eigenvalue weighted by molar-refractivity contribution is 0.915. The summed E-state index contributed by atoms with van der Waals surface area (Å²) in [4.78, 5) is 14.4. The fourth-order valence-electron chi connectivity index (χ4n) is 2.01. The number of aromatic nitrogens is 2. The van der Waals surface area contributed by atoms with Gasteiger partial charge >= 0.3 is 0 Å². The monoisotopic (exact) mass is 309 g/mol. The molecule has 98 valence electrons. The van der Waals surface area contributed by atoms with Crippen LogP contribution in [-0.4, -0.2) is 17.0 Å². The maximum atomic E-state index is 5.96. The summed E-state index contributed by atoms with van der Waals surface area (Å²) in [5.74, 6) is 0.971. The number of nitrogens with zero attached hydrogens (tertiary/aromatic N) is 3. The smallest absolute Gasteiger partial charge is 0.140 e. The fraction of sp³-hybridized carbons (Fsp3) is 0.231. The standard InChI is InChI=1S/C13H12ClN3S2/c1-8-5-10-12(15-7-16-13(10)18-8)17(2)6-9-3-4-11(14)19-9/h3-5,7H,6H2,1-2H3. The van der Waals surface area contributed by atoms with Crippen LogP contribution in [0.4, 0.5) is 5.82 Å². The summed E-state index contributed by atoms with van der Waals surface area (Å²) in [6.45, 7) is 2.90.